The summed E-state index contributed by atoms with van der Waals surface area (Å²) in [6, 6.07) is 111. The lowest BCUT2D eigenvalue weighted by atomic mass is 9.63. The van der Waals surface area contributed by atoms with Crippen LogP contribution in [0.2, 0.25) is 0 Å². The zero-order valence-electron chi connectivity index (χ0n) is 96.1. The van der Waals surface area contributed by atoms with Crippen LogP contribution in [0.15, 0.2) is 334 Å². The van der Waals surface area contributed by atoms with Gasteiger partial charge in [-0.3, -0.25) is 0 Å². The maximum atomic E-state index is 9.66. The average molecular weight is 1960 g/mol. The third-order valence-corrected chi connectivity index (χ3v) is 42.3. The maximum absolute atomic E-state index is 9.66. The maximum Gasteiger partial charge on any atom is 0.213 e. The number of pyridine rings is 5. The van der Waals surface area contributed by atoms with Gasteiger partial charge in [-0.15, -0.1) is 0 Å². The zero-order chi connectivity index (χ0) is 106. The van der Waals surface area contributed by atoms with Gasteiger partial charge in [0.1, 0.15) is 35.2 Å². The molecule has 26 rings (SSSR count). The SMILES string of the molecule is Cc1ccccc1-c1cc(-c2ccc(C3CC4CCC3(C)C4(C)C)cc2)cc[n+]1C.Cc1ccccc1-c1cc(-c2cccc(C3CC4CCC3(C)C4(C)C)c2)cc[n+]1C.[2H]C1(c2ccc(-c3cc[n+](C)c(-c4ccccc4C)c3)cc2)CC2CCC1(C)C2(C)C.[2H]C1(c2cccc(-c3cc[n+](C)c(-c4ccccc4C)c3)c2)CC2CCC1(C)C2(C)C.[2H]C1(c2cccc(-c3cc[n+](C)c(-c4ccccc4C)c3)c2)CC2CCC1CC2. The van der Waals surface area contributed by atoms with Gasteiger partial charge in [0.15, 0.2) is 31.0 Å². The van der Waals surface area contributed by atoms with E-state index in [4.69, 9.17) is 0 Å². The van der Waals surface area contributed by atoms with Crippen molar-refractivity contribution in [3.05, 3.63) is 390 Å². The van der Waals surface area contributed by atoms with Gasteiger partial charge in [-0.05, 0) is 381 Å². The second-order valence-electron chi connectivity index (χ2n) is 50.3. The molecule has 5 heteroatoms. The molecular formula is C143H166N5+5. The van der Waals surface area contributed by atoms with Crippen LogP contribution in [0.25, 0.3) is 112 Å². The summed E-state index contributed by atoms with van der Waals surface area (Å²) in [5.74, 6) is 4.37. The van der Waals surface area contributed by atoms with E-state index >= 15 is 0 Å². The van der Waals surface area contributed by atoms with Gasteiger partial charge in [-0.1, -0.05) is 308 Å². The summed E-state index contributed by atoms with van der Waals surface area (Å²) in [5, 5.41) is 0. The van der Waals surface area contributed by atoms with Crippen LogP contribution in [0, 0.1) is 113 Å². The Morgan fingerprint density at radius 1 is 0.223 bits per heavy atom. The fraction of sp³-hybridized carbons (Fsp3) is 0.406. The molecule has 10 bridgehead atoms. The molecule has 0 radical (unpaired) electrons. The van der Waals surface area contributed by atoms with Crippen LogP contribution in [0.5, 0.6) is 0 Å². The Bertz CT molecular complexity index is 7640. The molecule has 11 fully saturated rings. The first-order chi connectivity index (χ1) is 72.0. The molecule has 11 saturated carbocycles. The van der Waals surface area contributed by atoms with E-state index in [1.807, 2.05) is 0 Å². The molecule has 5 nitrogen and oxygen atoms in total. The van der Waals surface area contributed by atoms with Crippen molar-refractivity contribution in [2.24, 2.45) is 114 Å². The lowest BCUT2D eigenvalue weighted by molar-refractivity contribution is -0.660. The Kier molecular flexibility index (Phi) is 26.5. The van der Waals surface area contributed by atoms with E-state index in [0.29, 0.717) is 51.2 Å². The summed E-state index contributed by atoms with van der Waals surface area (Å²) in [4.78, 5) is 0. The van der Waals surface area contributed by atoms with E-state index in [2.05, 4.69) is 510 Å². The van der Waals surface area contributed by atoms with Gasteiger partial charge in [-0.25, -0.2) is 22.8 Å². The summed E-state index contributed by atoms with van der Waals surface area (Å²) in [6.45, 7) is 40.4. The van der Waals surface area contributed by atoms with Crippen LogP contribution in [0.1, 0.15) is 282 Å². The smallest absolute Gasteiger partial charge is 0.201 e. The van der Waals surface area contributed by atoms with E-state index in [1.54, 1.807) is 0 Å². The number of hydrogen-bond donors (Lipinski definition) is 0. The van der Waals surface area contributed by atoms with Gasteiger partial charge >= 0.3 is 0 Å². The molecule has 0 N–H and O–H groups in total. The van der Waals surface area contributed by atoms with Crippen LogP contribution < -0.4 is 22.8 Å². The molecular weight excluding hydrogens is 1790 g/mol. The summed E-state index contributed by atoms with van der Waals surface area (Å²) in [5.41, 5.74) is 40.7. The van der Waals surface area contributed by atoms with E-state index in [1.165, 1.54) is 251 Å². The van der Waals surface area contributed by atoms with E-state index in [0.717, 1.165) is 43.4 Å². The zero-order valence-corrected chi connectivity index (χ0v) is 93.1. The highest BCUT2D eigenvalue weighted by Crippen LogP contribution is 2.75. The van der Waals surface area contributed by atoms with Crippen molar-refractivity contribution in [2.75, 3.05) is 0 Å². The molecule has 5 aromatic heterocycles. The molecule has 758 valence electrons. The highest BCUT2D eigenvalue weighted by atomic mass is 14.9. The minimum atomic E-state index is -0.506. The molecule has 15 aromatic rings. The number of fused-ring (bicyclic) bond motifs is 11. The van der Waals surface area contributed by atoms with Crippen LogP contribution in [0.4, 0.5) is 0 Å². The Balaban J connectivity index is 0.000000110. The standard InChI is InChI=1S/4C29H34N.C27H30N/c2*1-20-9-6-7-12-25(20)27-18-22(14-16-30(27)5)21-10-8-11-23(17-21)26-19-24-13-15-29(26,4)28(24,2)3;2*1-20-8-6-7-9-25(20)27-18-23(15-17-30(27)5)21-10-12-22(13-11-21)26-19-24-14-16-29(26,4)28(24,2)3;1-19-6-3-4-9-25(19)27-18-23(14-15-28(27)2)22-7-5-8-24(17-22)26-16-20-10-12-21(26)13-11-20/h2*6-12,14,16-18,24,26H,13,15,19H2,1-5H3;2*6-13,15,17-18,24,26H,14,16,19H2,1-5H3;3-9,14-15,17-18,20-21,26H,10-13,16H2,1-2H3/q5*+1/i26D;;26D;;26D. The molecule has 13 unspecified atom stereocenters. The molecule has 0 spiro atoms. The summed E-state index contributed by atoms with van der Waals surface area (Å²) >= 11 is 0. The molecule has 13 atom stereocenters. The lowest BCUT2D eigenvalue weighted by Gasteiger charge is -2.42. The van der Waals surface area contributed by atoms with Crippen molar-refractivity contribution >= 4 is 0 Å². The Morgan fingerprint density at radius 2 is 0.486 bits per heavy atom. The third kappa shape index (κ3) is 18.3. The number of aromatic nitrogens is 5. The quantitative estimate of drug-likeness (QED) is 0.0912. The number of benzene rings is 10. The van der Waals surface area contributed by atoms with Crippen LogP contribution in [-0.4, -0.2) is 0 Å². The first kappa shape index (κ1) is 98.0. The van der Waals surface area contributed by atoms with Crippen molar-refractivity contribution in [3.8, 4) is 112 Å². The lowest BCUT2D eigenvalue weighted by Crippen LogP contribution is -2.31. The predicted octanol–water partition coefficient (Wildman–Crippen LogP) is 34.8. The second-order valence-corrected chi connectivity index (χ2v) is 50.3. The Labute approximate surface area is 893 Å². The van der Waals surface area contributed by atoms with Gasteiger partial charge in [0.25, 0.3) is 0 Å². The van der Waals surface area contributed by atoms with Crippen molar-refractivity contribution in [1.29, 1.82) is 0 Å². The molecule has 0 saturated heterocycles. The van der Waals surface area contributed by atoms with Gasteiger partial charge in [0.05, 0.1) is 0 Å². The molecule has 0 amide bonds. The summed E-state index contributed by atoms with van der Waals surface area (Å²) in [6.07, 6.45) is 32.2. The third-order valence-electron chi connectivity index (χ3n) is 42.3. The fourth-order valence-corrected chi connectivity index (χ4v) is 30.6. The molecule has 148 heavy (non-hydrogen) atoms. The summed E-state index contributed by atoms with van der Waals surface area (Å²) < 4.78 is 39.6. The van der Waals surface area contributed by atoms with Gasteiger partial charge in [0, 0.05) is 92.6 Å². The normalized spacial score (nSPS) is 28.0. The van der Waals surface area contributed by atoms with Crippen molar-refractivity contribution < 1.29 is 26.9 Å². The van der Waals surface area contributed by atoms with Crippen molar-refractivity contribution in [1.82, 2.24) is 0 Å². The van der Waals surface area contributed by atoms with E-state index < -0.39 is 17.7 Å². The minimum absolute atomic E-state index is 0.0265. The highest BCUT2D eigenvalue weighted by molar-refractivity contribution is 5.76. The van der Waals surface area contributed by atoms with Gasteiger partial charge < -0.3 is 0 Å². The summed E-state index contributed by atoms with van der Waals surface area (Å²) in [7, 11) is 10.6. The van der Waals surface area contributed by atoms with Gasteiger partial charge in [-0.2, -0.15) is 0 Å². The minimum Gasteiger partial charge on any atom is -0.201 e. The molecule has 5 heterocycles. The highest BCUT2D eigenvalue weighted by Gasteiger charge is 2.65. The fourth-order valence-electron chi connectivity index (χ4n) is 30.6. The molecule has 11 aliphatic carbocycles. The number of nitrogens with zero attached hydrogens (tertiary/aromatic N) is 5. The van der Waals surface area contributed by atoms with E-state index in [9.17, 15) is 4.11 Å². The Hall–Kier alpha value is -12.1. The van der Waals surface area contributed by atoms with Crippen LogP contribution >= 0.6 is 0 Å². The topological polar surface area (TPSA) is 19.4 Å². The first-order valence-electron chi connectivity index (χ1n) is 57.8. The Morgan fingerprint density at radius 3 is 0.777 bits per heavy atom. The monoisotopic (exact) mass is 1960 g/mol. The second kappa shape index (κ2) is 40.0. The van der Waals surface area contributed by atoms with E-state index in [-0.39, 0.29) is 21.7 Å². The number of aryl methyl sites for hydroxylation is 10. The first-order valence-corrected chi connectivity index (χ1v) is 56.3. The predicted molar refractivity (Wildman–Crippen MR) is 617 cm³/mol. The number of hydrogen-bond acceptors (Lipinski definition) is 0. The average Bonchev–Trinajstić information content (AvgIpc) is 1.52. The number of rotatable bonds is 15. The largest absolute Gasteiger partial charge is 0.213 e. The molecule has 11 aliphatic rings. The van der Waals surface area contributed by atoms with Crippen LogP contribution in [0.3, 0.4) is 0 Å². The van der Waals surface area contributed by atoms with Gasteiger partial charge in [0.2, 0.25) is 28.5 Å². The van der Waals surface area contributed by atoms with Crippen molar-refractivity contribution in [3.63, 3.8) is 0 Å². The molecule has 0 aliphatic heterocycles. The van der Waals surface area contributed by atoms with Crippen molar-refractivity contribution in [2.45, 2.75) is 256 Å². The molecule has 10 aromatic carbocycles. The van der Waals surface area contributed by atoms with Crippen LogP contribution in [-0.2, 0) is 35.2 Å².